The van der Waals surface area contributed by atoms with E-state index in [1.165, 1.54) is 0 Å². The van der Waals surface area contributed by atoms with E-state index >= 15 is 0 Å². The van der Waals surface area contributed by atoms with E-state index in [9.17, 15) is 4.79 Å². The third kappa shape index (κ3) is 4.89. The maximum atomic E-state index is 11.6. The monoisotopic (exact) mass is 340 g/mol. The Labute approximate surface area is 147 Å². The molecule has 7 heteroatoms. The van der Waals surface area contributed by atoms with E-state index in [-0.39, 0.29) is 5.91 Å². The number of aryl methyl sites for hydroxylation is 1. The van der Waals surface area contributed by atoms with Crippen LogP contribution in [-0.2, 0) is 11.3 Å². The predicted molar refractivity (Wildman–Crippen MR) is 97.3 cm³/mol. The lowest BCUT2D eigenvalue weighted by Gasteiger charge is -2.15. The molecule has 0 saturated carbocycles. The molecular formula is C18H24N6O. The quantitative estimate of drug-likeness (QED) is 0.717. The summed E-state index contributed by atoms with van der Waals surface area (Å²) in [6.07, 6.45) is 7.98. The van der Waals surface area contributed by atoms with Crippen molar-refractivity contribution in [3.8, 4) is 0 Å². The van der Waals surface area contributed by atoms with Gasteiger partial charge in [-0.1, -0.05) is 6.07 Å². The van der Waals surface area contributed by atoms with Crippen molar-refractivity contribution in [1.82, 2.24) is 19.9 Å². The Balaban J connectivity index is 1.48. The fourth-order valence-corrected chi connectivity index (χ4v) is 2.81. The highest BCUT2D eigenvalue weighted by atomic mass is 16.2. The smallest absolute Gasteiger partial charge is 0.224 e. The molecule has 132 valence electrons. The van der Waals surface area contributed by atoms with Gasteiger partial charge in [-0.25, -0.2) is 4.98 Å². The molecule has 25 heavy (non-hydrogen) atoms. The first-order chi connectivity index (χ1) is 12.2. The molecule has 2 aromatic heterocycles. The zero-order chi connectivity index (χ0) is 17.5. The van der Waals surface area contributed by atoms with Crippen LogP contribution in [0.4, 0.5) is 11.8 Å². The molecule has 3 heterocycles. The van der Waals surface area contributed by atoms with E-state index in [2.05, 4.69) is 25.6 Å². The molecule has 1 amide bonds. The molecule has 2 N–H and O–H groups in total. The second-order valence-corrected chi connectivity index (χ2v) is 6.20. The lowest BCUT2D eigenvalue weighted by Crippen LogP contribution is -2.27. The van der Waals surface area contributed by atoms with E-state index in [0.29, 0.717) is 18.9 Å². The summed E-state index contributed by atoms with van der Waals surface area (Å²) >= 11 is 0. The fourth-order valence-electron chi connectivity index (χ4n) is 2.81. The molecule has 0 spiro atoms. The topological polar surface area (TPSA) is 83.0 Å². The van der Waals surface area contributed by atoms with Crippen LogP contribution >= 0.6 is 0 Å². The molecule has 1 fully saturated rings. The molecule has 0 aromatic carbocycles. The van der Waals surface area contributed by atoms with Crippen molar-refractivity contribution in [1.29, 1.82) is 0 Å². The van der Waals surface area contributed by atoms with Gasteiger partial charge in [0.25, 0.3) is 0 Å². The zero-order valence-corrected chi connectivity index (χ0v) is 14.5. The van der Waals surface area contributed by atoms with Gasteiger partial charge in [-0.05, 0) is 31.4 Å². The largest absolute Gasteiger partial charge is 0.366 e. The first-order valence-electron chi connectivity index (χ1n) is 8.70. The molecule has 1 aliphatic rings. The van der Waals surface area contributed by atoms with Crippen molar-refractivity contribution in [2.24, 2.45) is 0 Å². The van der Waals surface area contributed by atoms with Gasteiger partial charge >= 0.3 is 0 Å². The summed E-state index contributed by atoms with van der Waals surface area (Å²) in [5.41, 5.74) is 2.10. The predicted octanol–water partition coefficient (Wildman–Crippen LogP) is 2.22. The van der Waals surface area contributed by atoms with Crippen LogP contribution in [0.2, 0.25) is 0 Å². The van der Waals surface area contributed by atoms with Gasteiger partial charge in [0.15, 0.2) is 0 Å². The van der Waals surface area contributed by atoms with E-state index in [1.807, 2.05) is 36.4 Å². The molecule has 0 atom stereocenters. The van der Waals surface area contributed by atoms with E-state index in [0.717, 1.165) is 49.4 Å². The average molecular weight is 340 g/mol. The minimum atomic E-state index is 0.272. The molecule has 3 rings (SSSR count). The summed E-state index contributed by atoms with van der Waals surface area (Å²) in [7, 11) is 0. The number of likely N-dealkylation sites (tertiary alicyclic amines) is 1. The van der Waals surface area contributed by atoms with E-state index in [1.54, 1.807) is 6.20 Å². The average Bonchev–Trinajstić information content (AvgIpc) is 3.04. The molecule has 0 radical (unpaired) electrons. The maximum Gasteiger partial charge on any atom is 0.224 e. The molecule has 0 bridgehead atoms. The molecule has 7 nitrogen and oxygen atoms in total. The van der Waals surface area contributed by atoms with Gasteiger partial charge in [-0.2, -0.15) is 4.98 Å². The van der Waals surface area contributed by atoms with Crippen molar-refractivity contribution >= 4 is 17.7 Å². The number of aromatic nitrogens is 3. The maximum absolute atomic E-state index is 11.6. The normalized spacial score (nSPS) is 14.0. The first kappa shape index (κ1) is 17.1. The van der Waals surface area contributed by atoms with Crippen LogP contribution in [-0.4, -0.2) is 45.4 Å². The Morgan fingerprint density at radius 1 is 1.28 bits per heavy atom. The molecule has 0 unspecified atom stereocenters. The van der Waals surface area contributed by atoms with Gasteiger partial charge in [-0.3, -0.25) is 9.78 Å². The van der Waals surface area contributed by atoms with Gasteiger partial charge < -0.3 is 15.5 Å². The van der Waals surface area contributed by atoms with Crippen molar-refractivity contribution in [2.45, 2.75) is 32.7 Å². The Bertz CT molecular complexity index is 706. The second kappa shape index (κ2) is 8.41. The molecule has 1 saturated heterocycles. The summed E-state index contributed by atoms with van der Waals surface area (Å²) in [6.45, 7) is 5.08. The SMILES string of the molecule is Cc1cnc(NCCCN2CCCC2=O)nc1NCc1cccnc1. The first-order valence-corrected chi connectivity index (χ1v) is 8.70. The molecule has 1 aliphatic heterocycles. The summed E-state index contributed by atoms with van der Waals surface area (Å²) in [6, 6.07) is 3.94. The van der Waals surface area contributed by atoms with Crippen LogP contribution in [0.15, 0.2) is 30.7 Å². The minimum Gasteiger partial charge on any atom is -0.366 e. The van der Waals surface area contributed by atoms with Crippen molar-refractivity contribution < 1.29 is 4.79 Å². The summed E-state index contributed by atoms with van der Waals surface area (Å²) < 4.78 is 0. The second-order valence-electron chi connectivity index (χ2n) is 6.20. The van der Waals surface area contributed by atoms with Crippen LogP contribution in [0.1, 0.15) is 30.4 Å². The number of rotatable bonds is 8. The van der Waals surface area contributed by atoms with Gasteiger partial charge in [0, 0.05) is 56.8 Å². The fraction of sp³-hybridized carbons (Fsp3) is 0.444. The highest BCUT2D eigenvalue weighted by Gasteiger charge is 2.18. The Morgan fingerprint density at radius 2 is 2.20 bits per heavy atom. The van der Waals surface area contributed by atoms with Crippen LogP contribution in [0, 0.1) is 6.92 Å². The van der Waals surface area contributed by atoms with Crippen LogP contribution in [0.5, 0.6) is 0 Å². The number of carbonyl (C=O) groups excluding carboxylic acids is 1. The Morgan fingerprint density at radius 3 is 2.96 bits per heavy atom. The number of amides is 1. The number of nitrogens with zero attached hydrogens (tertiary/aromatic N) is 4. The molecular weight excluding hydrogens is 316 g/mol. The number of carbonyl (C=O) groups is 1. The number of pyridine rings is 1. The highest BCUT2D eigenvalue weighted by Crippen LogP contribution is 2.14. The summed E-state index contributed by atoms with van der Waals surface area (Å²) in [4.78, 5) is 26.5. The van der Waals surface area contributed by atoms with Crippen molar-refractivity contribution in [3.63, 3.8) is 0 Å². The van der Waals surface area contributed by atoms with Crippen molar-refractivity contribution in [3.05, 3.63) is 41.9 Å². The number of nitrogens with one attached hydrogen (secondary N) is 2. The van der Waals surface area contributed by atoms with Gasteiger partial charge in [-0.15, -0.1) is 0 Å². The Kier molecular flexibility index (Phi) is 5.77. The Hall–Kier alpha value is -2.70. The number of hydrogen-bond acceptors (Lipinski definition) is 6. The number of anilines is 2. The summed E-state index contributed by atoms with van der Waals surface area (Å²) in [5, 5.41) is 6.56. The van der Waals surface area contributed by atoms with Crippen molar-refractivity contribution in [2.75, 3.05) is 30.3 Å². The third-order valence-electron chi connectivity index (χ3n) is 4.21. The van der Waals surface area contributed by atoms with Gasteiger partial charge in [0.1, 0.15) is 5.82 Å². The van der Waals surface area contributed by atoms with Crippen LogP contribution < -0.4 is 10.6 Å². The summed E-state index contributed by atoms with van der Waals surface area (Å²) in [5.74, 6) is 1.69. The minimum absolute atomic E-state index is 0.272. The zero-order valence-electron chi connectivity index (χ0n) is 14.5. The molecule has 2 aromatic rings. The lowest BCUT2D eigenvalue weighted by atomic mass is 10.3. The lowest BCUT2D eigenvalue weighted by molar-refractivity contribution is -0.127. The van der Waals surface area contributed by atoms with E-state index < -0.39 is 0 Å². The van der Waals surface area contributed by atoms with Gasteiger partial charge in [0.05, 0.1) is 0 Å². The highest BCUT2D eigenvalue weighted by molar-refractivity contribution is 5.78. The number of hydrogen-bond donors (Lipinski definition) is 2. The van der Waals surface area contributed by atoms with Crippen LogP contribution in [0.3, 0.4) is 0 Å². The van der Waals surface area contributed by atoms with Crippen LogP contribution in [0.25, 0.3) is 0 Å². The van der Waals surface area contributed by atoms with Gasteiger partial charge in [0.2, 0.25) is 11.9 Å². The third-order valence-corrected chi connectivity index (χ3v) is 4.21. The molecule has 0 aliphatic carbocycles. The van der Waals surface area contributed by atoms with E-state index in [4.69, 9.17) is 0 Å². The standard InChI is InChI=1S/C18H24N6O/c1-14-11-22-18(20-8-4-10-24-9-3-6-16(24)25)23-17(14)21-13-15-5-2-7-19-12-15/h2,5,7,11-12H,3-4,6,8-10,13H2,1H3,(H2,20,21,22,23).